The lowest BCUT2D eigenvalue weighted by molar-refractivity contribution is -0.151. The number of aromatic nitrogens is 2. The number of carboxylic acids is 1. The van der Waals surface area contributed by atoms with Crippen LogP contribution in [0.2, 0.25) is 0 Å². The van der Waals surface area contributed by atoms with Gasteiger partial charge in [0.15, 0.2) is 0 Å². The van der Waals surface area contributed by atoms with E-state index in [0.29, 0.717) is 12.8 Å². The fourth-order valence-corrected chi connectivity index (χ4v) is 3.15. The van der Waals surface area contributed by atoms with Gasteiger partial charge in [-0.1, -0.05) is 18.2 Å². The quantitative estimate of drug-likeness (QED) is 0.881. The first-order valence-electron chi connectivity index (χ1n) is 8.08. The molecule has 0 unspecified atom stereocenters. The number of nitrogens with one attached hydrogen (secondary N) is 1. The van der Waals surface area contributed by atoms with Crippen LogP contribution in [0, 0.1) is 13.8 Å². The molecule has 1 amide bonds. The number of carboxylic acid groups (broad SMARTS) is 1. The minimum Gasteiger partial charge on any atom is -0.480 e. The molecule has 126 valence electrons. The zero-order valence-corrected chi connectivity index (χ0v) is 13.9. The molecule has 1 aliphatic rings. The van der Waals surface area contributed by atoms with Crippen LogP contribution in [0.15, 0.2) is 30.3 Å². The van der Waals surface area contributed by atoms with Crippen molar-refractivity contribution in [2.45, 2.75) is 45.1 Å². The molecule has 1 heterocycles. The third-order valence-corrected chi connectivity index (χ3v) is 4.77. The zero-order valence-electron chi connectivity index (χ0n) is 13.9. The van der Waals surface area contributed by atoms with E-state index in [1.54, 1.807) is 0 Å². The highest BCUT2D eigenvalue weighted by Crippen LogP contribution is 2.32. The van der Waals surface area contributed by atoms with Crippen molar-refractivity contribution in [1.82, 2.24) is 15.1 Å². The van der Waals surface area contributed by atoms with Gasteiger partial charge >= 0.3 is 5.97 Å². The Kier molecular flexibility index (Phi) is 4.13. The lowest BCUT2D eigenvalue weighted by Gasteiger charge is -2.38. The third kappa shape index (κ3) is 2.79. The summed E-state index contributed by atoms with van der Waals surface area (Å²) in [7, 11) is 0. The average Bonchev–Trinajstić information content (AvgIpc) is 2.79. The molecular weight excluding hydrogens is 306 g/mol. The molecule has 0 spiro atoms. The van der Waals surface area contributed by atoms with Gasteiger partial charge in [-0.3, -0.25) is 4.79 Å². The molecule has 1 aromatic heterocycles. The van der Waals surface area contributed by atoms with Gasteiger partial charge in [-0.2, -0.15) is 5.10 Å². The van der Waals surface area contributed by atoms with E-state index in [2.05, 4.69) is 10.4 Å². The van der Waals surface area contributed by atoms with Crippen molar-refractivity contribution < 1.29 is 14.7 Å². The van der Waals surface area contributed by atoms with Crippen molar-refractivity contribution in [1.29, 1.82) is 0 Å². The van der Waals surface area contributed by atoms with Gasteiger partial charge in [0.1, 0.15) is 5.54 Å². The number of carbonyl (C=O) groups excluding carboxylic acids is 1. The summed E-state index contributed by atoms with van der Waals surface area (Å²) in [4.78, 5) is 23.7. The summed E-state index contributed by atoms with van der Waals surface area (Å²) in [6, 6.07) is 9.72. The van der Waals surface area contributed by atoms with Crippen LogP contribution in [0.5, 0.6) is 0 Å². The first-order chi connectivity index (χ1) is 11.4. The fourth-order valence-electron chi connectivity index (χ4n) is 3.15. The van der Waals surface area contributed by atoms with Crippen molar-refractivity contribution in [3.05, 3.63) is 47.3 Å². The number of hydrogen-bond donors (Lipinski definition) is 2. The highest BCUT2D eigenvalue weighted by atomic mass is 16.4. The topological polar surface area (TPSA) is 84.2 Å². The van der Waals surface area contributed by atoms with Gasteiger partial charge in [0, 0.05) is 11.3 Å². The second-order valence-electron chi connectivity index (χ2n) is 6.36. The summed E-state index contributed by atoms with van der Waals surface area (Å²) in [6.45, 7) is 3.79. The largest absolute Gasteiger partial charge is 0.480 e. The van der Waals surface area contributed by atoms with Crippen molar-refractivity contribution in [2.24, 2.45) is 0 Å². The van der Waals surface area contributed by atoms with Gasteiger partial charge in [0.2, 0.25) is 5.91 Å². The van der Waals surface area contributed by atoms with Crippen LogP contribution in [0.25, 0.3) is 5.69 Å². The number of rotatable bonds is 5. The smallest absolute Gasteiger partial charge is 0.329 e. The normalized spacial score (nSPS) is 15.6. The lowest BCUT2D eigenvalue weighted by atomic mass is 9.76. The first-order valence-corrected chi connectivity index (χ1v) is 8.08. The Labute approximate surface area is 140 Å². The minimum absolute atomic E-state index is 0.138. The predicted octanol–water partition coefficient (Wildman–Crippen LogP) is 2.16. The van der Waals surface area contributed by atoms with Crippen LogP contribution >= 0.6 is 0 Å². The number of para-hydroxylation sites is 1. The van der Waals surface area contributed by atoms with Crippen molar-refractivity contribution in [3.8, 4) is 5.69 Å². The van der Waals surface area contributed by atoms with E-state index in [9.17, 15) is 14.7 Å². The number of aryl methyl sites for hydroxylation is 1. The molecule has 0 saturated heterocycles. The molecule has 2 aromatic rings. The summed E-state index contributed by atoms with van der Waals surface area (Å²) in [6.07, 6.45) is 1.96. The maximum Gasteiger partial charge on any atom is 0.329 e. The molecule has 0 radical (unpaired) electrons. The average molecular weight is 327 g/mol. The van der Waals surface area contributed by atoms with E-state index in [1.807, 2.05) is 48.9 Å². The van der Waals surface area contributed by atoms with Crippen LogP contribution in [0.3, 0.4) is 0 Å². The van der Waals surface area contributed by atoms with Gasteiger partial charge in [-0.25, -0.2) is 9.48 Å². The molecule has 6 heteroatoms. The Balaban J connectivity index is 1.80. The number of aliphatic carboxylic acids is 1. The van der Waals surface area contributed by atoms with Crippen LogP contribution in [-0.2, 0) is 16.0 Å². The molecule has 0 atom stereocenters. The van der Waals surface area contributed by atoms with Crippen LogP contribution < -0.4 is 5.32 Å². The standard InChI is InChI=1S/C18H21N3O3/c1-12-15(11-16(22)19-18(17(23)24)9-6-10-18)13(2)21(20-12)14-7-4-3-5-8-14/h3-5,7-8H,6,9-11H2,1-2H3,(H,19,22)(H,23,24). The van der Waals surface area contributed by atoms with E-state index < -0.39 is 11.5 Å². The Morgan fingerprint density at radius 2 is 1.92 bits per heavy atom. The van der Waals surface area contributed by atoms with Gasteiger partial charge in [0.25, 0.3) is 0 Å². The molecule has 1 saturated carbocycles. The molecule has 1 aromatic carbocycles. The van der Waals surface area contributed by atoms with Crippen molar-refractivity contribution >= 4 is 11.9 Å². The van der Waals surface area contributed by atoms with E-state index in [4.69, 9.17) is 0 Å². The van der Waals surface area contributed by atoms with Crippen LogP contribution in [0.1, 0.15) is 36.2 Å². The molecule has 1 aliphatic carbocycles. The SMILES string of the molecule is Cc1nn(-c2ccccc2)c(C)c1CC(=O)NC1(C(=O)O)CCC1. The molecule has 2 N–H and O–H groups in total. The van der Waals surface area contributed by atoms with Crippen molar-refractivity contribution in [3.63, 3.8) is 0 Å². The van der Waals surface area contributed by atoms with Gasteiger partial charge in [-0.15, -0.1) is 0 Å². The van der Waals surface area contributed by atoms with Crippen molar-refractivity contribution in [2.75, 3.05) is 0 Å². The zero-order chi connectivity index (χ0) is 17.3. The summed E-state index contributed by atoms with van der Waals surface area (Å²) in [5, 5.41) is 16.6. The van der Waals surface area contributed by atoms with Gasteiger partial charge < -0.3 is 10.4 Å². The molecular formula is C18H21N3O3. The van der Waals surface area contributed by atoms with Gasteiger partial charge in [0.05, 0.1) is 17.8 Å². The highest BCUT2D eigenvalue weighted by Gasteiger charge is 2.45. The number of hydrogen-bond acceptors (Lipinski definition) is 3. The highest BCUT2D eigenvalue weighted by molar-refractivity contribution is 5.89. The second kappa shape index (κ2) is 6.11. The third-order valence-electron chi connectivity index (χ3n) is 4.77. The Morgan fingerprint density at radius 1 is 1.25 bits per heavy atom. The summed E-state index contributed by atoms with van der Waals surface area (Å²) < 4.78 is 1.81. The van der Waals surface area contributed by atoms with Crippen LogP contribution in [0.4, 0.5) is 0 Å². The molecule has 0 aliphatic heterocycles. The summed E-state index contributed by atoms with van der Waals surface area (Å²) in [5.41, 5.74) is 2.38. The Morgan fingerprint density at radius 3 is 2.46 bits per heavy atom. The van der Waals surface area contributed by atoms with E-state index in [1.165, 1.54) is 0 Å². The fraction of sp³-hybridized carbons (Fsp3) is 0.389. The predicted molar refractivity (Wildman–Crippen MR) is 89.1 cm³/mol. The van der Waals surface area contributed by atoms with Gasteiger partial charge in [-0.05, 0) is 45.2 Å². The number of carbonyl (C=O) groups is 2. The monoisotopic (exact) mass is 327 g/mol. The summed E-state index contributed by atoms with van der Waals surface area (Å²) in [5.74, 6) is -1.22. The van der Waals surface area contributed by atoms with E-state index >= 15 is 0 Å². The summed E-state index contributed by atoms with van der Waals surface area (Å²) >= 11 is 0. The van der Waals surface area contributed by atoms with E-state index in [-0.39, 0.29) is 12.3 Å². The first kappa shape index (κ1) is 16.2. The number of amides is 1. The second-order valence-corrected chi connectivity index (χ2v) is 6.36. The minimum atomic E-state index is -1.08. The Hall–Kier alpha value is -2.63. The molecule has 0 bridgehead atoms. The molecule has 1 fully saturated rings. The Bertz CT molecular complexity index is 776. The molecule has 6 nitrogen and oxygen atoms in total. The molecule has 3 rings (SSSR count). The maximum absolute atomic E-state index is 12.4. The number of benzene rings is 1. The van der Waals surface area contributed by atoms with Crippen LogP contribution in [-0.4, -0.2) is 32.3 Å². The number of nitrogens with zero attached hydrogens (tertiary/aromatic N) is 2. The molecule has 24 heavy (non-hydrogen) atoms. The maximum atomic E-state index is 12.4. The van der Waals surface area contributed by atoms with E-state index in [0.717, 1.165) is 29.1 Å². The lowest BCUT2D eigenvalue weighted by Crippen LogP contribution is -2.59.